The molecule has 1 atom stereocenters. The minimum Gasteiger partial charge on any atom is -0.388 e. The quantitative estimate of drug-likeness (QED) is 0.756. The molecule has 0 radical (unpaired) electrons. The average molecular weight is 351 g/mol. The van der Waals surface area contributed by atoms with Gasteiger partial charge < -0.3 is 10.4 Å². The van der Waals surface area contributed by atoms with E-state index in [2.05, 4.69) is 20.4 Å². The molecule has 0 saturated heterocycles. The van der Waals surface area contributed by atoms with Crippen LogP contribution >= 0.6 is 0 Å². The molecule has 0 amide bonds. The lowest BCUT2D eigenvalue weighted by Crippen LogP contribution is -2.35. The van der Waals surface area contributed by atoms with Crippen molar-refractivity contribution in [3.8, 4) is 0 Å². The van der Waals surface area contributed by atoms with E-state index in [-0.39, 0.29) is 0 Å². The summed E-state index contributed by atoms with van der Waals surface area (Å²) in [6, 6.07) is 3.97. The van der Waals surface area contributed by atoms with Crippen LogP contribution in [-0.4, -0.2) is 30.3 Å². The van der Waals surface area contributed by atoms with E-state index < -0.39 is 23.4 Å². The van der Waals surface area contributed by atoms with Crippen molar-refractivity contribution in [2.24, 2.45) is 0 Å². The van der Waals surface area contributed by atoms with Gasteiger partial charge in [-0.15, -0.1) is 0 Å². The summed E-state index contributed by atoms with van der Waals surface area (Å²) in [7, 11) is 0. The van der Waals surface area contributed by atoms with Crippen LogP contribution in [0.5, 0.6) is 0 Å². The third-order valence-electron chi connectivity index (χ3n) is 3.76. The number of aromatic nitrogens is 4. The molecular weight excluding hydrogens is 335 g/mol. The Balaban J connectivity index is 1.97. The van der Waals surface area contributed by atoms with Gasteiger partial charge in [0, 0.05) is 0 Å². The summed E-state index contributed by atoms with van der Waals surface area (Å²) >= 11 is 0. The van der Waals surface area contributed by atoms with Gasteiger partial charge in [-0.1, -0.05) is 12.1 Å². The standard InChI is InChI=1S/C16H16F3N5O/c1-15(2,25)14(10-3-5-11(6-4-10)16(17,18)19)23-13-8-20-7-12-21-9-22-24(12)13/h3-9,14,23,25H,1-2H3. The normalized spacial score (nSPS) is 13.8. The van der Waals surface area contributed by atoms with Crippen LogP contribution in [0.15, 0.2) is 43.0 Å². The maximum Gasteiger partial charge on any atom is 0.416 e. The molecule has 3 rings (SSSR count). The highest BCUT2D eigenvalue weighted by Gasteiger charge is 2.32. The fourth-order valence-electron chi connectivity index (χ4n) is 2.53. The van der Waals surface area contributed by atoms with Gasteiger partial charge in [-0.2, -0.15) is 22.8 Å². The molecule has 1 unspecified atom stereocenters. The molecule has 2 aromatic heterocycles. The molecule has 0 aliphatic rings. The Kier molecular flexibility index (Phi) is 4.11. The van der Waals surface area contributed by atoms with Crippen molar-refractivity contribution in [2.75, 3.05) is 5.32 Å². The van der Waals surface area contributed by atoms with E-state index in [4.69, 9.17) is 0 Å². The number of fused-ring (bicyclic) bond motifs is 1. The molecule has 9 heteroatoms. The predicted molar refractivity (Wildman–Crippen MR) is 84.9 cm³/mol. The van der Waals surface area contributed by atoms with E-state index in [1.165, 1.54) is 35.4 Å². The average Bonchev–Trinajstić information content (AvgIpc) is 3.00. The van der Waals surface area contributed by atoms with E-state index in [0.29, 0.717) is 17.0 Å². The number of halogens is 3. The molecular formula is C16H16F3N5O. The molecule has 0 aliphatic carbocycles. The minimum absolute atomic E-state index is 0.460. The van der Waals surface area contributed by atoms with E-state index in [0.717, 1.165) is 12.1 Å². The van der Waals surface area contributed by atoms with Crippen molar-refractivity contribution in [2.45, 2.75) is 31.7 Å². The number of alkyl halides is 3. The maximum absolute atomic E-state index is 12.7. The highest BCUT2D eigenvalue weighted by atomic mass is 19.4. The Bertz CT molecular complexity index is 868. The minimum atomic E-state index is -4.41. The second kappa shape index (κ2) is 5.99. The van der Waals surface area contributed by atoms with Gasteiger partial charge in [0.25, 0.3) is 0 Å². The van der Waals surface area contributed by atoms with Crippen LogP contribution < -0.4 is 5.32 Å². The summed E-state index contributed by atoms with van der Waals surface area (Å²) in [4.78, 5) is 8.07. The van der Waals surface area contributed by atoms with Gasteiger partial charge in [-0.05, 0) is 31.5 Å². The molecule has 132 valence electrons. The number of hydrogen-bond acceptors (Lipinski definition) is 5. The number of benzene rings is 1. The van der Waals surface area contributed by atoms with E-state index in [1.807, 2.05) is 0 Å². The summed E-state index contributed by atoms with van der Waals surface area (Å²) in [5.41, 5.74) is -1.00. The van der Waals surface area contributed by atoms with Gasteiger partial charge in [0.2, 0.25) is 0 Å². The first-order chi connectivity index (χ1) is 11.7. The molecule has 3 aromatic rings. The van der Waals surface area contributed by atoms with Gasteiger partial charge in [0.15, 0.2) is 5.65 Å². The van der Waals surface area contributed by atoms with E-state index in [1.54, 1.807) is 13.8 Å². The highest BCUT2D eigenvalue weighted by Crippen LogP contribution is 2.33. The number of nitrogens with one attached hydrogen (secondary N) is 1. The first-order valence-corrected chi connectivity index (χ1v) is 7.46. The van der Waals surface area contributed by atoms with Gasteiger partial charge in [-0.3, -0.25) is 4.98 Å². The monoisotopic (exact) mass is 351 g/mol. The van der Waals surface area contributed by atoms with Crippen LogP contribution in [0.4, 0.5) is 19.0 Å². The van der Waals surface area contributed by atoms with Crippen LogP contribution in [0.2, 0.25) is 0 Å². The second-order valence-electron chi connectivity index (χ2n) is 6.17. The third kappa shape index (κ3) is 3.55. The summed E-state index contributed by atoms with van der Waals surface area (Å²) in [5, 5.41) is 17.6. The summed E-state index contributed by atoms with van der Waals surface area (Å²) in [5.74, 6) is 0.460. The van der Waals surface area contributed by atoms with Crippen LogP contribution in [0.1, 0.15) is 31.0 Å². The number of aliphatic hydroxyl groups is 1. The SMILES string of the molecule is CC(C)(O)C(Nc1cncc2ncnn12)c1ccc(C(F)(F)F)cc1. The highest BCUT2D eigenvalue weighted by molar-refractivity contribution is 5.47. The van der Waals surface area contributed by atoms with Gasteiger partial charge in [-0.25, -0.2) is 4.98 Å². The fourth-order valence-corrected chi connectivity index (χ4v) is 2.53. The van der Waals surface area contributed by atoms with Crippen LogP contribution in [-0.2, 0) is 6.18 Å². The van der Waals surface area contributed by atoms with Crippen molar-refractivity contribution >= 4 is 11.5 Å². The lowest BCUT2D eigenvalue weighted by Gasteiger charge is -2.31. The summed E-state index contributed by atoms with van der Waals surface area (Å²) in [6.07, 6.45) is -0.0221. The maximum atomic E-state index is 12.7. The topological polar surface area (TPSA) is 75.3 Å². The molecule has 0 aliphatic heterocycles. The molecule has 2 heterocycles. The Labute approximate surface area is 141 Å². The Morgan fingerprint density at radius 3 is 2.40 bits per heavy atom. The molecule has 1 aromatic carbocycles. The predicted octanol–water partition coefficient (Wildman–Crippen LogP) is 3.07. The molecule has 0 fully saturated rings. The summed E-state index contributed by atoms with van der Waals surface area (Å²) in [6.45, 7) is 3.13. The van der Waals surface area contributed by atoms with E-state index in [9.17, 15) is 18.3 Å². The van der Waals surface area contributed by atoms with Crippen LogP contribution in [0.25, 0.3) is 5.65 Å². The lowest BCUT2D eigenvalue weighted by molar-refractivity contribution is -0.137. The van der Waals surface area contributed by atoms with E-state index >= 15 is 0 Å². The van der Waals surface area contributed by atoms with Crippen molar-refractivity contribution in [3.63, 3.8) is 0 Å². The molecule has 6 nitrogen and oxygen atoms in total. The Morgan fingerprint density at radius 1 is 1.12 bits per heavy atom. The molecule has 0 bridgehead atoms. The van der Waals surface area contributed by atoms with Crippen molar-refractivity contribution in [3.05, 3.63) is 54.1 Å². The Morgan fingerprint density at radius 2 is 1.80 bits per heavy atom. The Hall–Kier alpha value is -2.68. The number of hydrogen-bond donors (Lipinski definition) is 2. The van der Waals surface area contributed by atoms with Crippen LogP contribution in [0, 0.1) is 0 Å². The van der Waals surface area contributed by atoms with Gasteiger partial charge in [0.05, 0.1) is 29.6 Å². The number of rotatable bonds is 4. The smallest absolute Gasteiger partial charge is 0.388 e. The van der Waals surface area contributed by atoms with Crippen molar-refractivity contribution in [1.82, 2.24) is 19.6 Å². The lowest BCUT2D eigenvalue weighted by atomic mass is 9.91. The molecule has 0 spiro atoms. The number of nitrogens with zero attached hydrogens (tertiary/aromatic N) is 4. The molecule has 25 heavy (non-hydrogen) atoms. The zero-order valence-electron chi connectivity index (χ0n) is 13.5. The van der Waals surface area contributed by atoms with Crippen molar-refractivity contribution in [1.29, 1.82) is 0 Å². The zero-order chi connectivity index (χ0) is 18.2. The first-order valence-electron chi connectivity index (χ1n) is 7.46. The number of anilines is 1. The summed E-state index contributed by atoms with van der Waals surface area (Å²) < 4.78 is 39.7. The third-order valence-corrected chi connectivity index (χ3v) is 3.76. The van der Waals surface area contributed by atoms with Gasteiger partial charge >= 0.3 is 6.18 Å². The van der Waals surface area contributed by atoms with Crippen LogP contribution in [0.3, 0.4) is 0 Å². The fraction of sp³-hybridized carbons (Fsp3) is 0.312. The van der Waals surface area contributed by atoms with Crippen molar-refractivity contribution < 1.29 is 18.3 Å². The second-order valence-corrected chi connectivity index (χ2v) is 6.17. The molecule has 0 saturated carbocycles. The zero-order valence-corrected chi connectivity index (χ0v) is 13.5. The largest absolute Gasteiger partial charge is 0.416 e. The first kappa shape index (κ1) is 17.2. The van der Waals surface area contributed by atoms with Gasteiger partial charge in [0.1, 0.15) is 12.1 Å². The molecule has 2 N–H and O–H groups in total.